The van der Waals surface area contributed by atoms with E-state index >= 15 is 0 Å². The molecule has 9 nitrogen and oxygen atoms in total. The van der Waals surface area contributed by atoms with Crippen LogP contribution in [0, 0.1) is 0 Å². The standard InChI is InChI=1S/C9H8N6O3/c16-6(5-15-4-3-12-14-15)13-8-7(9(17)18)10-1-2-11-8/h1-4H,5H2,(H,17,18)(H,11,13,16). The Hall–Kier alpha value is -2.84. The van der Waals surface area contributed by atoms with Gasteiger partial charge in [-0.15, -0.1) is 5.10 Å². The minimum atomic E-state index is -1.26. The molecule has 18 heavy (non-hydrogen) atoms. The zero-order chi connectivity index (χ0) is 13.0. The molecule has 2 rings (SSSR count). The molecule has 1 amide bonds. The van der Waals surface area contributed by atoms with Crippen molar-refractivity contribution in [2.75, 3.05) is 5.32 Å². The Morgan fingerprint density at radius 1 is 1.28 bits per heavy atom. The van der Waals surface area contributed by atoms with Crippen molar-refractivity contribution in [3.8, 4) is 0 Å². The second kappa shape index (κ2) is 4.99. The molecule has 92 valence electrons. The number of aromatic carboxylic acids is 1. The van der Waals surface area contributed by atoms with Crippen molar-refractivity contribution in [1.82, 2.24) is 25.0 Å². The lowest BCUT2D eigenvalue weighted by Crippen LogP contribution is -2.21. The summed E-state index contributed by atoms with van der Waals surface area (Å²) in [6, 6.07) is 0. The molecular formula is C9H8N6O3. The lowest BCUT2D eigenvalue weighted by atomic mass is 10.4. The van der Waals surface area contributed by atoms with E-state index in [0.29, 0.717) is 0 Å². The first-order valence-corrected chi connectivity index (χ1v) is 4.85. The van der Waals surface area contributed by atoms with E-state index in [-0.39, 0.29) is 18.1 Å². The fourth-order valence-electron chi connectivity index (χ4n) is 1.22. The molecule has 2 aromatic rings. The highest BCUT2D eigenvalue weighted by atomic mass is 16.4. The minimum absolute atomic E-state index is 0.0877. The van der Waals surface area contributed by atoms with Gasteiger partial charge in [0.15, 0.2) is 11.5 Å². The summed E-state index contributed by atoms with van der Waals surface area (Å²) >= 11 is 0. The molecule has 0 atom stereocenters. The SMILES string of the molecule is O=C(Cn1ccnn1)Nc1nccnc1C(=O)O. The maximum absolute atomic E-state index is 11.6. The molecule has 0 aliphatic carbocycles. The monoisotopic (exact) mass is 248 g/mol. The Labute approximate surface area is 100 Å². The second-order valence-electron chi connectivity index (χ2n) is 3.21. The van der Waals surface area contributed by atoms with E-state index < -0.39 is 11.9 Å². The number of carbonyl (C=O) groups is 2. The van der Waals surface area contributed by atoms with E-state index in [1.807, 2.05) is 0 Å². The number of anilines is 1. The highest BCUT2D eigenvalue weighted by Gasteiger charge is 2.15. The van der Waals surface area contributed by atoms with Gasteiger partial charge in [-0.05, 0) is 0 Å². The van der Waals surface area contributed by atoms with E-state index in [4.69, 9.17) is 5.11 Å². The largest absolute Gasteiger partial charge is 0.476 e. The topological polar surface area (TPSA) is 123 Å². The van der Waals surface area contributed by atoms with Crippen molar-refractivity contribution in [3.05, 3.63) is 30.5 Å². The van der Waals surface area contributed by atoms with Gasteiger partial charge in [-0.1, -0.05) is 5.21 Å². The molecule has 0 fully saturated rings. The van der Waals surface area contributed by atoms with Crippen molar-refractivity contribution >= 4 is 17.7 Å². The lowest BCUT2D eigenvalue weighted by Gasteiger charge is -2.05. The molecule has 0 saturated carbocycles. The van der Waals surface area contributed by atoms with Gasteiger partial charge in [0.1, 0.15) is 6.54 Å². The number of carboxylic acids is 1. The number of amides is 1. The van der Waals surface area contributed by atoms with Crippen molar-refractivity contribution < 1.29 is 14.7 Å². The van der Waals surface area contributed by atoms with Gasteiger partial charge >= 0.3 is 5.97 Å². The van der Waals surface area contributed by atoms with Crippen molar-refractivity contribution in [2.24, 2.45) is 0 Å². The minimum Gasteiger partial charge on any atom is -0.476 e. The van der Waals surface area contributed by atoms with E-state index in [9.17, 15) is 9.59 Å². The average molecular weight is 248 g/mol. The molecule has 0 unspecified atom stereocenters. The number of carboxylic acid groups (broad SMARTS) is 1. The lowest BCUT2D eigenvalue weighted by molar-refractivity contribution is -0.116. The molecule has 2 N–H and O–H groups in total. The van der Waals surface area contributed by atoms with Crippen LogP contribution in [0.5, 0.6) is 0 Å². The van der Waals surface area contributed by atoms with Gasteiger partial charge in [-0.2, -0.15) is 0 Å². The van der Waals surface area contributed by atoms with E-state index in [0.717, 1.165) is 0 Å². The zero-order valence-corrected chi connectivity index (χ0v) is 9.02. The first-order chi connectivity index (χ1) is 8.66. The first kappa shape index (κ1) is 11.6. The molecule has 2 aromatic heterocycles. The zero-order valence-electron chi connectivity index (χ0n) is 9.02. The molecule has 0 spiro atoms. The summed E-state index contributed by atoms with van der Waals surface area (Å²) in [5.41, 5.74) is -0.315. The number of nitrogens with one attached hydrogen (secondary N) is 1. The van der Waals surface area contributed by atoms with Crippen LogP contribution in [0.4, 0.5) is 5.82 Å². The van der Waals surface area contributed by atoms with Crippen LogP contribution in [0.25, 0.3) is 0 Å². The molecule has 0 saturated heterocycles. The molecule has 0 radical (unpaired) electrons. The van der Waals surface area contributed by atoms with E-state index in [1.54, 1.807) is 0 Å². The molecule has 0 aliphatic rings. The van der Waals surface area contributed by atoms with E-state index in [1.165, 1.54) is 29.5 Å². The van der Waals surface area contributed by atoms with Gasteiger partial charge in [0.25, 0.3) is 0 Å². The maximum Gasteiger partial charge on any atom is 0.358 e. The van der Waals surface area contributed by atoms with Gasteiger partial charge in [0.2, 0.25) is 5.91 Å². The third-order valence-electron chi connectivity index (χ3n) is 1.94. The van der Waals surface area contributed by atoms with Crippen molar-refractivity contribution in [3.63, 3.8) is 0 Å². The third kappa shape index (κ3) is 2.64. The van der Waals surface area contributed by atoms with E-state index in [2.05, 4.69) is 25.6 Å². The summed E-state index contributed by atoms with van der Waals surface area (Å²) in [4.78, 5) is 29.8. The molecule has 0 aliphatic heterocycles. The number of rotatable bonds is 4. The predicted octanol–water partition coefficient (Wildman–Crippen LogP) is -0.595. The number of hydrogen-bond acceptors (Lipinski definition) is 6. The number of aromatic nitrogens is 5. The summed E-state index contributed by atoms with van der Waals surface area (Å²) in [7, 11) is 0. The Morgan fingerprint density at radius 3 is 2.72 bits per heavy atom. The summed E-state index contributed by atoms with van der Waals surface area (Å²) in [5, 5.41) is 18.3. The molecule has 9 heteroatoms. The first-order valence-electron chi connectivity index (χ1n) is 4.85. The van der Waals surface area contributed by atoms with Crippen LogP contribution >= 0.6 is 0 Å². The summed E-state index contributed by atoms with van der Waals surface area (Å²) in [5.74, 6) is -1.84. The van der Waals surface area contributed by atoms with Gasteiger partial charge in [0.05, 0.1) is 6.20 Å². The Bertz CT molecular complexity index is 567. The van der Waals surface area contributed by atoms with Crippen molar-refractivity contribution in [1.29, 1.82) is 0 Å². The van der Waals surface area contributed by atoms with Crippen LogP contribution in [0.2, 0.25) is 0 Å². The Kier molecular flexibility index (Phi) is 3.23. The van der Waals surface area contributed by atoms with Crippen molar-refractivity contribution in [2.45, 2.75) is 6.54 Å². The van der Waals surface area contributed by atoms with Crippen LogP contribution < -0.4 is 5.32 Å². The molecule has 0 aromatic carbocycles. The van der Waals surface area contributed by atoms with Crippen LogP contribution in [-0.2, 0) is 11.3 Å². The predicted molar refractivity (Wildman–Crippen MR) is 57.6 cm³/mol. The van der Waals surface area contributed by atoms with Gasteiger partial charge in [-0.25, -0.2) is 19.4 Å². The molecule has 0 bridgehead atoms. The van der Waals surface area contributed by atoms with Crippen LogP contribution in [-0.4, -0.2) is 41.9 Å². The number of carbonyl (C=O) groups excluding carboxylic acids is 1. The highest BCUT2D eigenvalue weighted by molar-refractivity contribution is 5.97. The van der Waals surface area contributed by atoms with Crippen LogP contribution in [0.1, 0.15) is 10.5 Å². The normalized spacial score (nSPS) is 10.0. The second-order valence-corrected chi connectivity index (χ2v) is 3.21. The summed E-state index contributed by atoms with van der Waals surface area (Å²) in [6.45, 7) is -0.0877. The summed E-state index contributed by atoms with van der Waals surface area (Å²) in [6.07, 6.45) is 5.46. The Balaban J connectivity index is 2.09. The smallest absolute Gasteiger partial charge is 0.358 e. The third-order valence-corrected chi connectivity index (χ3v) is 1.94. The van der Waals surface area contributed by atoms with Gasteiger partial charge in [-0.3, -0.25) is 4.79 Å². The van der Waals surface area contributed by atoms with Crippen LogP contribution in [0.15, 0.2) is 24.8 Å². The Morgan fingerprint density at radius 2 is 2.06 bits per heavy atom. The average Bonchev–Trinajstić information content (AvgIpc) is 2.82. The molecule has 2 heterocycles. The van der Waals surface area contributed by atoms with Gasteiger partial charge in [0, 0.05) is 18.6 Å². The molecular weight excluding hydrogens is 240 g/mol. The number of hydrogen-bond donors (Lipinski definition) is 2. The fraction of sp³-hybridized carbons (Fsp3) is 0.111. The fourth-order valence-corrected chi connectivity index (χ4v) is 1.22. The maximum atomic E-state index is 11.6. The highest BCUT2D eigenvalue weighted by Crippen LogP contribution is 2.07. The number of nitrogens with zero attached hydrogens (tertiary/aromatic N) is 5. The quantitative estimate of drug-likeness (QED) is 0.740. The van der Waals surface area contributed by atoms with Crippen LogP contribution in [0.3, 0.4) is 0 Å². The van der Waals surface area contributed by atoms with Gasteiger partial charge < -0.3 is 10.4 Å². The summed E-state index contributed by atoms with van der Waals surface area (Å²) < 4.78 is 1.30.